The van der Waals surface area contributed by atoms with E-state index in [0.717, 1.165) is 5.32 Å². The van der Waals surface area contributed by atoms with Crippen LogP contribution >= 0.6 is 0 Å². The summed E-state index contributed by atoms with van der Waals surface area (Å²) in [7, 11) is 0. The molecule has 0 aliphatic heterocycles. The Hall–Kier alpha value is -1.80. The largest absolute Gasteiger partial charge is 0.471 e. The minimum atomic E-state index is -5.34. The maximum absolute atomic E-state index is 12.6. The molecule has 0 radical (unpaired) electrons. The molecular weight excluding hydrogens is 271 g/mol. The van der Waals surface area contributed by atoms with Crippen LogP contribution in [-0.4, -0.2) is 12.1 Å². The first kappa shape index (κ1) is 14.3. The second-order valence-corrected chi connectivity index (χ2v) is 3.14. The number of alkyl halides is 6. The molecule has 0 heterocycles. The molecule has 0 saturated carbocycles. The number of benzene rings is 1. The summed E-state index contributed by atoms with van der Waals surface area (Å²) in [5.41, 5.74) is -2.86. The molecule has 0 fully saturated rings. The first-order valence-corrected chi connectivity index (χ1v) is 4.27. The Bertz CT molecular complexity index is 463. The molecule has 1 N–H and O–H groups in total. The predicted molar refractivity (Wildman–Crippen MR) is 46.1 cm³/mol. The average molecular weight is 275 g/mol. The van der Waals surface area contributed by atoms with Crippen molar-refractivity contribution in [2.45, 2.75) is 12.4 Å². The number of hydrogen-bond acceptors (Lipinski definition) is 1. The molecule has 9 heteroatoms. The second-order valence-electron chi connectivity index (χ2n) is 3.14. The second kappa shape index (κ2) is 4.46. The van der Waals surface area contributed by atoms with Crippen molar-refractivity contribution in [3.63, 3.8) is 0 Å². The zero-order chi connectivity index (χ0) is 14.1. The van der Waals surface area contributed by atoms with Gasteiger partial charge in [-0.1, -0.05) is 0 Å². The number of carbonyl (C=O) groups excluding carboxylic acids is 1. The Morgan fingerprint density at radius 2 is 1.61 bits per heavy atom. The van der Waals surface area contributed by atoms with Gasteiger partial charge in [-0.05, 0) is 18.2 Å². The molecule has 0 aromatic heterocycles. The van der Waals surface area contributed by atoms with Crippen molar-refractivity contribution in [2.75, 3.05) is 5.32 Å². The lowest BCUT2D eigenvalue weighted by Gasteiger charge is -2.14. The van der Waals surface area contributed by atoms with Gasteiger partial charge in [-0.3, -0.25) is 4.79 Å². The van der Waals surface area contributed by atoms with Crippen molar-refractivity contribution in [3.05, 3.63) is 29.6 Å². The monoisotopic (exact) mass is 275 g/mol. The van der Waals surface area contributed by atoms with Crippen LogP contribution in [0.3, 0.4) is 0 Å². The summed E-state index contributed by atoms with van der Waals surface area (Å²) in [4.78, 5) is 10.5. The van der Waals surface area contributed by atoms with E-state index in [0.29, 0.717) is 12.1 Å². The lowest BCUT2D eigenvalue weighted by atomic mass is 10.1. The van der Waals surface area contributed by atoms with Gasteiger partial charge in [0.15, 0.2) is 0 Å². The summed E-state index contributed by atoms with van der Waals surface area (Å²) < 4.78 is 85.4. The molecule has 1 rings (SSSR count). The van der Waals surface area contributed by atoms with Crippen molar-refractivity contribution < 1.29 is 35.5 Å². The minimum absolute atomic E-state index is 0.00795. The summed E-state index contributed by atoms with van der Waals surface area (Å²) in [6, 6.07) is 0.898. The van der Waals surface area contributed by atoms with E-state index in [1.165, 1.54) is 0 Å². The van der Waals surface area contributed by atoms with Crippen LogP contribution in [0.15, 0.2) is 18.2 Å². The molecule has 0 spiro atoms. The van der Waals surface area contributed by atoms with E-state index in [2.05, 4.69) is 0 Å². The molecule has 18 heavy (non-hydrogen) atoms. The predicted octanol–water partition coefficient (Wildman–Crippen LogP) is 3.35. The van der Waals surface area contributed by atoms with Gasteiger partial charge in [0.05, 0.1) is 11.3 Å². The maximum Gasteiger partial charge on any atom is 0.471 e. The lowest BCUT2D eigenvalue weighted by Crippen LogP contribution is -2.30. The number of hydrogen-bond donors (Lipinski definition) is 1. The van der Waals surface area contributed by atoms with Gasteiger partial charge in [-0.2, -0.15) is 26.3 Å². The molecule has 0 atom stereocenters. The molecule has 1 amide bonds. The summed E-state index contributed by atoms with van der Waals surface area (Å²) in [5.74, 6) is -3.85. The molecule has 1 aromatic rings. The highest BCUT2D eigenvalue weighted by Crippen LogP contribution is 2.35. The lowest BCUT2D eigenvalue weighted by molar-refractivity contribution is -0.167. The summed E-state index contributed by atoms with van der Waals surface area (Å²) in [6.07, 6.45) is -10.4. The number of rotatable bonds is 1. The minimum Gasteiger partial charge on any atom is -0.318 e. The molecular formula is C9H4F7NO. The first-order valence-electron chi connectivity index (χ1n) is 4.27. The van der Waals surface area contributed by atoms with Crippen molar-refractivity contribution >= 4 is 11.6 Å². The third-order valence-corrected chi connectivity index (χ3v) is 1.79. The van der Waals surface area contributed by atoms with Gasteiger partial charge in [0, 0.05) is 0 Å². The third-order valence-electron chi connectivity index (χ3n) is 1.79. The Labute approximate surface area is 95.4 Å². The first-order chi connectivity index (χ1) is 8.01. The Kier molecular flexibility index (Phi) is 3.54. The highest BCUT2D eigenvalue weighted by Gasteiger charge is 2.41. The molecule has 0 saturated heterocycles. The number of amides is 1. The Morgan fingerprint density at radius 1 is 1.06 bits per heavy atom. The topological polar surface area (TPSA) is 29.1 Å². The van der Waals surface area contributed by atoms with E-state index in [1.54, 1.807) is 0 Å². The van der Waals surface area contributed by atoms with E-state index < -0.39 is 35.3 Å². The fraction of sp³-hybridized carbons (Fsp3) is 0.222. The van der Waals surface area contributed by atoms with E-state index >= 15 is 0 Å². The molecule has 0 aliphatic rings. The van der Waals surface area contributed by atoms with E-state index in [1.807, 2.05) is 0 Å². The molecule has 100 valence electrons. The van der Waals surface area contributed by atoms with E-state index in [-0.39, 0.29) is 6.07 Å². The molecule has 0 aliphatic carbocycles. The van der Waals surface area contributed by atoms with Gasteiger partial charge in [0.1, 0.15) is 5.82 Å². The fourth-order valence-electron chi connectivity index (χ4n) is 1.05. The van der Waals surface area contributed by atoms with Gasteiger partial charge in [0.2, 0.25) is 0 Å². The molecule has 0 bridgehead atoms. The number of nitrogens with one attached hydrogen (secondary N) is 1. The van der Waals surface area contributed by atoms with Crippen molar-refractivity contribution in [1.29, 1.82) is 0 Å². The van der Waals surface area contributed by atoms with Crippen molar-refractivity contribution in [2.24, 2.45) is 0 Å². The van der Waals surface area contributed by atoms with Crippen LogP contribution in [-0.2, 0) is 11.0 Å². The van der Waals surface area contributed by atoms with Crippen LogP contribution in [0, 0.1) is 5.82 Å². The van der Waals surface area contributed by atoms with Crippen LogP contribution in [0.2, 0.25) is 0 Å². The maximum atomic E-state index is 12.6. The Balaban J connectivity index is 3.14. The molecule has 2 nitrogen and oxygen atoms in total. The van der Waals surface area contributed by atoms with Crippen LogP contribution in [0.5, 0.6) is 0 Å². The Morgan fingerprint density at radius 3 is 2.06 bits per heavy atom. The summed E-state index contributed by atoms with van der Waals surface area (Å²) in [6.45, 7) is 0. The average Bonchev–Trinajstić information content (AvgIpc) is 2.17. The summed E-state index contributed by atoms with van der Waals surface area (Å²) >= 11 is 0. The van der Waals surface area contributed by atoms with Gasteiger partial charge >= 0.3 is 18.3 Å². The van der Waals surface area contributed by atoms with Crippen LogP contribution in [0.25, 0.3) is 0 Å². The van der Waals surface area contributed by atoms with E-state index in [4.69, 9.17) is 0 Å². The van der Waals surface area contributed by atoms with Gasteiger partial charge in [-0.15, -0.1) is 0 Å². The quantitative estimate of drug-likeness (QED) is 0.782. The number of carbonyl (C=O) groups is 1. The van der Waals surface area contributed by atoms with Gasteiger partial charge < -0.3 is 5.32 Å². The standard InChI is InChI=1S/C9H4F7NO/c10-4-1-2-6(5(3-4)8(11,12)13)17-7(18)9(14,15)16/h1-3H,(H,17,18). The third kappa shape index (κ3) is 3.34. The molecule has 1 aromatic carbocycles. The summed E-state index contributed by atoms with van der Waals surface area (Å²) in [5, 5.41) is 1.03. The van der Waals surface area contributed by atoms with Crippen LogP contribution < -0.4 is 5.32 Å². The zero-order valence-electron chi connectivity index (χ0n) is 8.29. The van der Waals surface area contributed by atoms with Crippen molar-refractivity contribution in [3.8, 4) is 0 Å². The highest BCUT2D eigenvalue weighted by molar-refractivity contribution is 5.95. The molecule has 0 unspecified atom stereocenters. The van der Waals surface area contributed by atoms with E-state index in [9.17, 15) is 35.5 Å². The smallest absolute Gasteiger partial charge is 0.318 e. The SMILES string of the molecule is O=C(Nc1ccc(F)cc1C(F)(F)F)C(F)(F)F. The fourth-order valence-corrected chi connectivity index (χ4v) is 1.05. The van der Waals surface area contributed by atoms with Crippen LogP contribution in [0.4, 0.5) is 36.4 Å². The normalized spacial score (nSPS) is 12.4. The number of halogens is 7. The zero-order valence-corrected chi connectivity index (χ0v) is 8.29. The van der Waals surface area contributed by atoms with Gasteiger partial charge in [0.25, 0.3) is 0 Å². The highest BCUT2D eigenvalue weighted by atomic mass is 19.4. The van der Waals surface area contributed by atoms with Crippen molar-refractivity contribution in [1.82, 2.24) is 0 Å². The number of anilines is 1. The van der Waals surface area contributed by atoms with Gasteiger partial charge in [-0.25, -0.2) is 4.39 Å². The van der Waals surface area contributed by atoms with Crippen LogP contribution in [0.1, 0.15) is 5.56 Å².